The molecule has 1 heterocycles. The first-order valence-electron chi connectivity index (χ1n) is 7.02. The highest BCUT2D eigenvalue weighted by Crippen LogP contribution is 2.31. The SMILES string of the molecule is COC(=O)c1c(O)c(C)c(=O)n(C2CCCCC2)c1C. The van der Waals surface area contributed by atoms with Crippen molar-refractivity contribution in [3.63, 3.8) is 0 Å². The molecule has 0 aliphatic heterocycles. The smallest absolute Gasteiger partial charge is 0.343 e. The number of carbonyl (C=O) groups excluding carboxylic acids is 1. The van der Waals surface area contributed by atoms with E-state index in [2.05, 4.69) is 0 Å². The predicted octanol–water partition coefficient (Wildman–Crippen LogP) is 2.46. The van der Waals surface area contributed by atoms with Crippen molar-refractivity contribution in [1.29, 1.82) is 0 Å². The van der Waals surface area contributed by atoms with Crippen LogP contribution in [-0.2, 0) is 4.74 Å². The number of carbonyl (C=O) groups is 1. The van der Waals surface area contributed by atoms with Crippen LogP contribution in [-0.4, -0.2) is 22.8 Å². The second kappa shape index (κ2) is 5.69. The van der Waals surface area contributed by atoms with Crippen LogP contribution in [0.4, 0.5) is 0 Å². The predicted molar refractivity (Wildman–Crippen MR) is 75.3 cm³/mol. The van der Waals surface area contributed by atoms with Crippen molar-refractivity contribution in [2.45, 2.75) is 52.0 Å². The largest absolute Gasteiger partial charge is 0.506 e. The molecule has 0 saturated heterocycles. The zero-order valence-corrected chi connectivity index (χ0v) is 12.2. The Kier molecular flexibility index (Phi) is 4.16. The lowest BCUT2D eigenvalue weighted by Crippen LogP contribution is -2.31. The Morgan fingerprint density at radius 1 is 1.25 bits per heavy atom. The molecule has 5 nitrogen and oxygen atoms in total. The number of aromatic hydroxyl groups is 1. The second-order valence-electron chi connectivity index (χ2n) is 5.39. The van der Waals surface area contributed by atoms with Crippen molar-refractivity contribution in [3.8, 4) is 5.75 Å². The van der Waals surface area contributed by atoms with Gasteiger partial charge in [0, 0.05) is 11.7 Å². The molecule has 0 bridgehead atoms. The minimum Gasteiger partial charge on any atom is -0.506 e. The molecule has 1 aromatic heterocycles. The molecule has 20 heavy (non-hydrogen) atoms. The summed E-state index contributed by atoms with van der Waals surface area (Å²) in [5, 5.41) is 10.1. The highest BCUT2D eigenvalue weighted by Gasteiger charge is 2.26. The summed E-state index contributed by atoms with van der Waals surface area (Å²) in [6.45, 7) is 3.24. The van der Waals surface area contributed by atoms with E-state index in [-0.39, 0.29) is 28.5 Å². The Morgan fingerprint density at radius 3 is 2.40 bits per heavy atom. The number of hydrogen-bond acceptors (Lipinski definition) is 4. The maximum Gasteiger partial charge on any atom is 0.343 e. The van der Waals surface area contributed by atoms with Gasteiger partial charge >= 0.3 is 5.97 Å². The fourth-order valence-corrected chi connectivity index (χ4v) is 3.04. The number of pyridine rings is 1. The summed E-state index contributed by atoms with van der Waals surface area (Å²) >= 11 is 0. The highest BCUT2D eigenvalue weighted by molar-refractivity contribution is 5.93. The summed E-state index contributed by atoms with van der Waals surface area (Å²) < 4.78 is 6.39. The molecule has 5 heteroatoms. The van der Waals surface area contributed by atoms with Gasteiger partial charge in [0.25, 0.3) is 5.56 Å². The van der Waals surface area contributed by atoms with Crippen LogP contribution in [0.3, 0.4) is 0 Å². The molecule has 0 unspecified atom stereocenters. The monoisotopic (exact) mass is 279 g/mol. The van der Waals surface area contributed by atoms with Gasteiger partial charge in [-0.25, -0.2) is 4.79 Å². The summed E-state index contributed by atoms with van der Waals surface area (Å²) in [4.78, 5) is 24.3. The maximum absolute atomic E-state index is 12.4. The van der Waals surface area contributed by atoms with Crippen molar-refractivity contribution in [1.82, 2.24) is 4.57 Å². The molecule has 1 N–H and O–H groups in total. The molecule has 1 aromatic rings. The zero-order chi connectivity index (χ0) is 14.9. The Hall–Kier alpha value is -1.78. The third kappa shape index (κ3) is 2.32. The lowest BCUT2D eigenvalue weighted by Gasteiger charge is -2.27. The number of rotatable bonds is 2. The van der Waals surface area contributed by atoms with Gasteiger partial charge in [0.15, 0.2) is 0 Å². The van der Waals surface area contributed by atoms with E-state index in [1.807, 2.05) is 0 Å². The van der Waals surface area contributed by atoms with Crippen LogP contribution in [0.2, 0.25) is 0 Å². The van der Waals surface area contributed by atoms with E-state index < -0.39 is 5.97 Å². The van der Waals surface area contributed by atoms with Crippen molar-refractivity contribution in [3.05, 3.63) is 27.2 Å². The normalized spacial score (nSPS) is 16.1. The Balaban J connectivity index is 2.64. The Bertz CT molecular complexity index is 583. The lowest BCUT2D eigenvalue weighted by atomic mass is 9.94. The van der Waals surface area contributed by atoms with Crippen molar-refractivity contribution in [2.75, 3.05) is 7.11 Å². The zero-order valence-electron chi connectivity index (χ0n) is 12.2. The van der Waals surface area contributed by atoms with E-state index in [0.29, 0.717) is 5.69 Å². The van der Waals surface area contributed by atoms with Gasteiger partial charge in [0.2, 0.25) is 0 Å². The van der Waals surface area contributed by atoms with Crippen LogP contribution in [0.5, 0.6) is 5.75 Å². The van der Waals surface area contributed by atoms with Gasteiger partial charge in [-0.05, 0) is 26.7 Å². The summed E-state index contributed by atoms with van der Waals surface area (Å²) in [6, 6.07) is 0.110. The van der Waals surface area contributed by atoms with E-state index in [9.17, 15) is 14.7 Å². The third-order valence-corrected chi connectivity index (χ3v) is 4.18. The number of aromatic nitrogens is 1. The van der Waals surface area contributed by atoms with E-state index in [1.165, 1.54) is 13.5 Å². The molecule has 0 amide bonds. The van der Waals surface area contributed by atoms with Gasteiger partial charge in [-0.2, -0.15) is 0 Å². The van der Waals surface area contributed by atoms with Crippen molar-refractivity contribution in [2.24, 2.45) is 0 Å². The van der Waals surface area contributed by atoms with E-state index >= 15 is 0 Å². The number of nitrogens with zero attached hydrogens (tertiary/aromatic N) is 1. The van der Waals surface area contributed by atoms with Crippen LogP contribution < -0.4 is 5.56 Å². The Morgan fingerprint density at radius 2 is 1.85 bits per heavy atom. The fourth-order valence-electron chi connectivity index (χ4n) is 3.04. The molecule has 1 fully saturated rings. The average Bonchev–Trinajstić information content (AvgIpc) is 2.46. The van der Waals surface area contributed by atoms with E-state index in [4.69, 9.17) is 4.74 Å². The van der Waals surface area contributed by atoms with Crippen molar-refractivity contribution >= 4 is 5.97 Å². The van der Waals surface area contributed by atoms with Crippen LogP contribution in [0, 0.1) is 13.8 Å². The molecule has 1 aliphatic rings. The highest BCUT2D eigenvalue weighted by atomic mass is 16.5. The molecule has 0 atom stereocenters. The average molecular weight is 279 g/mol. The molecule has 0 aromatic carbocycles. The second-order valence-corrected chi connectivity index (χ2v) is 5.39. The minimum atomic E-state index is -0.604. The maximum atomic E-state index is 12.4. The first-order chi connectivity index (χ1) is 9.49. The molecule has 1 aliphatic carbocycles. The summed E-state index contributed by atoms with van der Waals surface area (Å²) in [5.41, 5.74) is 0.605. The Labute approximate surface area is 118 Å². The van der Waals surface area contributed by atoms with E-state index in [1.54, 1.807) is 18.4 Å². The molecular weight excluding hydrogens is 258 g/mol. The lowest BCUT2D eigenvalue weighted by molar-refractivity contribution is 0.0594. The third-order valence-electron chi connectivity index (χ3n) is 4.18. The quantitative estimate of drug-likeness (QED) is 0.844. The number of hydrogen-bond donors (Lipinski definition) is 1. The van der Waals surface area contributed by atoms with Crippen LogP contribution in [0.25, 0.3) is 0 Å². The standard InChI is InChI=1S/C15H21NO4/c1-9-13(17)12(15(19)20-3)10(2)16(14(9)18)11-7-5-4-6-8-11/h11,17H,4-8H2,1-3H3. The van der Waals surface area contributed by atoms with Gasteiger partial charge in [0.05, 0.1) is 12.7 Å². The molecular formula is C15H21NO4. The van der Waals surface area contributed by atoms with Gasteiger partial charge < -0.3 is 14.4 Å². The number of methoxy groups -OCH3 is 1. The first-order valence-corrected chi connectivity index (χ1v) is 7.02. The van der Waals surface area contributed by atoms with Gasteiger partial charge in [-0.1, -0.05) is 19.3 Å². The summed E-state index contributed by atoms with van der Waals surface area (Å²) in [6.07, 6.45) is 5.23. The molecule has 110 valence electrons. The molecule has 0 spiro atoms. The first kappa shape index (κ1) is 14.6. The minimum absolute atomic E-state index is 0.107. The van der Waals surface area contributed by atoms with Crippen molar-refractivity contribution < 1.29 is 14.6 Å². The fraction of sp³-hybridized carbons (Fsp3) is 0.600. The van der Waals surface area contributed by atoms with Crippen LogP contribution in [0.15, 0.2) is 4.79 Å². The van der Waals surface area contributed by atoms with Gasteiger partial charge in [-0.3, -0.25) is 4.79 Å². The van der Waals surface area contributed by atoms with Crippen LogP contribution in [0.1, 0.15) is 59.8 Å². The topological polar surface area (TPSA) is 68.5 Å². The molecule has 0 radical (unpaired) electrons. The summed E-state index contributed by atoms with van der Waals surface area (Å²) in [7, 11) is 1.27. The van der Waals surface area contributed by atoms with E-state index in [0.717, 1.165) is 25.7 Å². The van der Waals surface area contributed by atoms with Gasteiger partial charge in [0.1, 0.15) is 11.3 Å². The number of esters is 1. The van der Waals surface area contributed by atoms with Crippen LogP contribution >= 0.6 is 0 Å². The molecule has 1 saturated carbocycles. The summed E-state index contributed by atoms with van der Waals surface area (Å²) in [5.74, 6) is -0.862. The molecule has 2 rings (SSSR count). The van der Waals surface area contributed by atoms with Gasteiger partial charge in [-0.15, -0.1) is 0 Å². The number of ether oxygens (including phenoxy) is 1.